The topological polar surface area (TPSA) is 95.7 Å². The highest BCUT2D eigenvalue weighted by Gasteiger charge is 2.72. The number of aromatic nitrogens is 2. The minimum Gasteiger partial charge on any atom is -0.394 e. The molecule has 0 saturated heterocycles. The minimum atomic E-state index is -1.06. The van der Waals surface area contributed by atoms with E-state index in [9.17, 15) is 10.2 Å². The van der Waals surface area contributed by atoms with E-state index in [4.69, 9.17) is 9.84 Å². The average molecular weight is 431 g/mol. The molecule has 172 valence electrons. The van der Waals surface area contributed by atoms with Gasteiger partial charge >= 0.3 is 0 Å². The van der Waals surface area contributed by atoms with Gasteiger partial charge in [0.05, 0.1) is 36.7 Å². The van der Waals surface area contributed by atoms with Crippen LogP contribution in [0.2, 0.25) is 0 Å². The lowest BCUT2D eigenvalue weighted by Crippen LogP contribution is -2.64. The van der Waals surface area contributed by atoms with Crippen molar-refractivity contribution >= 4 is 0 Å². The Kier molecular flexibility index (Phi) is 5.24. The maximum Gasteiger partial charge on any atom is 0.0994 e. The number of aliphatic hydroxyl groups is 3. The highest BCUT2D eigenvalue weighted by Crippen LogP contribution is 2.71. The molecular weight excluding hydrogens is 392 g/mol. The average Bonchev–Trinajstić information content (AvgIpc) is 3.00. The Balaban J connectivity index is 1.43. The Morgan fingerprint density at radius 2 is 1.84 bits per heavy atom. The summed E-state index contributed by atoms with van der Waals surface area (Å²) < 4.78 is 5.90. The highest BCUT2D eigenvalue weighted by atomic mass is 16.5. The third-order valence-electron chi connectivity index (χ3n) is 10.5. The van der Waals surface area contributed by atoms with Gasteiger partial charge in [-0.2, -0.15) is 10.2 Å². The number of ether oxygens (including phenoxy) is 1. The van der Waals surface area contributed by atoms with Crippen molar-refractivity contribution in [3.05, 3.63) is 24.0 Å². The first-order valence-corrected chi connectivity index (χ1v) is 12.2. The summed E-state index contributed by atoms with van der Waals surface area (Å²) in [4.78, 5) is 0. The molecule has 4 aliphatic rings. The van der Waals surface area contributed by atoms with Gasteiger partial charge in [-0.05, 0) is 87.0 Å². The van der Waals surface area contributed by atoms with Crippen LogP contribution in [0.5, 0.6) is 0 Å². The predicted molar refractivity (Wildman–Crippen MR) is 116 cm³/mol. The van der Waals surface area contributed by atoms with Crippen LogP contribution in [-0.2, 0) is 10.3 Å². The first-order chi connectivity index (χ1) is 14.8. The van der Waals surface area contributed by atoms with E-state index >= 15 is 0 Å². The maximum atomic E-state index is 12.3. The molecule has 0 aliphatic heterocycles. The predicted octanol–water partition coefficient (Wildman–Crippen LogP) is 3.20. The number of fused-ring (bicyclic) bond motifs is 5. The van der Waals surface area contributed by atoms with Crippen molar-refractivity contribution in [2.45, 2.75) is 88.9 Å². The quantitative estimate of drug-likeness (QED) is 0.679. The third kappa shape index (κ3) is 2.91. The molecule has 2 unspecified atom stereocenters. The Morgan fingerprint density at radius 3 is 2.58 bits per heavy atom. The Morgan fingerprint density at radius 1 is 1.00 bits per heavy atom. The summed E-state index contributed by atoms with van der Waals surface area (Å²) in [7, 11) is 0. The highest BCUT2D eigenvalue weighted by molar-refractivity contribution is 5.30. The van der Waals surface area contributed by atoms with Crippen LogP contribution in [0.3, 0.4) is 0 Å². The molecule has 0 bridgehead atoms. The Bertz CT molecular complexity index is 808. The monoisotopic (exact) mass is 430 g/mol. The van der Waals surface area contributed by atoms with Gasteiger partial charge in [0.2, 0.25) is 0 Å². The van der Waals surface area contributed by atoms with Crippen LogP contribution in [-0.4, -0.2) is 50.4 Å². The van der Waals surface area contributed by atoms with Crippen molar-refractivity contribution < 1.29 is 20.1 Å². The summed E-state index contributed by atoms with van der Waals surface area (Å²) in [6.07, 6.45) is 12.1. The second-order valence-electron chi connectivity index (χ2n) is 11.3. The van der Waals surface area contributed by atoms with Crippen molar-refractivity contribution in [2.75, 3.05) is 13.2 Å². The van der Waals surface area contributed by atoms with Crippen molar-refractivity contribution in [3.63, 3.8) is 0 Å². The van der Waals surface area contributed by atoms with Crippen molar-refractivity contribution in [1.82, 2.24) is 10.2 Å². The van der Waals surface area contributed by atoms with Gasteiger partial charge in [0.1, 0.15) is 0 Å². The molecule has 1 aromatic rings. The third-order valence-corrected chi connectivity index (χ3v) is 10.5. The van der Waals surface area contributed by atoms with Crippen molar-refractivity contribution in [3.8, 4) is 0 Å². The molecule has 0 aromatic carbocycles. The zero-order valence-corrected chi connectivity index (χ0v) is 19.0. The lowest BCUT2D eigenvalue weighted by Gasteiger charge is -2.64. The van der Waals surface area contributed by atoms with Crippen LogP contribution in [0, 0.1) is 28.6 Å². The first-order valence-electron chi connectivity index (χ1n) is 12.2. The number of hydrogen-bond acceptors (Lipinski definition) is 6. The van der Waals surface area contributed by atoms with Crippen LogP contribution < -0.4 is 0 Å². The SMILES string of the molecule is C[C@]12CCC3C(CC[C@@H]4C[C@@H](OCCO)CC[C@]34C)[C@@]1(O)CC[C@]2(O)c1ccnnc1. The molecule has 3 N–H and O–H groups in total. The lowest BCUT2D eigenvalue weighted by molar-refractivity contribution is -0.239. The fraction of sp³-hybridized carbons (Fsp3) is 0.840. The molecule has 31 heavy (non-hydrogen) atoms. The molecule has 0 spiro atoms. The molecule has 0 amide bonds. The summed E-state index contributed by atoms with van der Waals surface area (Å²) >= 11 is 0. The molecule has 8 atom stereocenters. The molecule has 1 heterocycles. The second kappa shape index (κ2) is 7.47. The van der Waals surface area contributed by atoms with E-state index in [0.29, 0.717) is 31.3 Å². The Hall–Kier alpha value is -1.08. The molecular formula is C25H38N2O4. The molecule has 6 nitrogen and oxygen atoms in total. The number of rotatable bonds is 4. The summed E-state index contributed by atoms with van der Waals surface area (Å²) in [6.45, 7) is 5.09. The van der Waals surface area contributed by atoms with E-state index in [1.165, 1.54) is 0 Å². The zero-order valence-electron chi connectivity index (χ0n) is 19.0. The number of nitrogens with zero attached hydrogens (tertiary/aromatic N) is 2. The number of aliphatic hydroxyl groups excluding tert-OH is 1. The van der Waals surface area contributed by atoms with Crippen LogP contribution in [0.15, 0.2) is 18.5 Å². The lowest BCUT2D eigenvalue weighted by atomic mass is 9.43. The van der Waals surface area contributed by atoms with Crippen LogP contribution in [0.4, 0.5) is 0 Å². The van der Waals surface area contributed by atoms with E-state index in [1.807, 2.05) is 6.07 Å². The second-order valence-corrected chi connectivity index (χ2v) is 11.3. The molecule has 0 radical (unpaired) electrons. The smallest absolute Gasteiger partial charge is 0.0994 e. The standard InChI is InChI=1S/C25H38N2O4/c1-22-8-5-19(31-14-13-28)15-17(22)3-4-21-20(22)6-9-23(2)24(29,10-11-25(21,23)30)18-7-12-26-27-16-18/h7,12,16-17,19-21,28-30H,3-6,8-11,13-15H2,1-2H3/t17-,19+,20?,21?,22+,23-,24+,25+/m1/s1. The zero-order chi connectivity index (χ0) is 21.9. The summed E-state index contributed by atoms with van der Waals surface area (Å²) in [5, 5.41) is 41.2. The summed E-state index contributed by atoms with van der Waals surface area (Å²) in [6, 6.07) is 1.86. The van der Waals surface area contributed by atoms with Gasteiger partial charge in [-0.15, -0.1) is 0 Å². The van der Waals surface area contributed by atoms with E-state index < -0.39 is 16.6 Å². The molecule has 1 aromatic heterocycles. The molecule has 4 fully saturated rings. The molecule has 4 saturated carbocycles. The largest absolute Gasteiger partial charge is 0.394 e. The summed E-state index contributed by atoms with van der Waals surface area (Å²) in [5.74, 6) is 1.33. The fourth-order valence-electron chi connectivity index (χ4n) is 8.57. The van der Waals surface area contributed by atoms with Crippen molar-refractivity contribution in [1.29, 1.82) is 0 Å². The van der Waals surface area contributed by atoms with E-state index in [2.05, 4.69) is 24.0 Å². The van der Waals surface area contributed by atoms with E-state index in [1.54, 1.807) is 12.4 Å². The van der Waals surface area contributed by atoms with Crippen LogP contribution in [0.25, 0.3) is 0 Å². The van der Waals surface area contributed by atoms with Gasteiger partial charge in [0, 0.05) is 17.2 Å². The van der Waals surface area contributed by atoms with E-state index in [0.717, 1.165) is 50.5 Å². The summed E-state index contributed by atoms with van der Waals surface area (Å²) in [5.41, 5.74) is -1.48. The van der Waals surface area contributed by atoms with Gasteiger partial charge in [0.15, 0.2) is 0 Å². The maximum absolute atomic E-state index is 12.3. The fourth-order valence-corrected chi connectivity index (χ4v) is 8.57. The molecule has 4 aliphatic carbocycles. The normalized spacial score (nSPS) is 49.2. The van der Waals surface area contributed by atoms with Gasteiger partial charge in [-0.25, -0.2) is 0 Å². The van der Waals surface area contributed by atoms with E-state index in [-0.39, 0.29) is 24.0 Å². The number of hydrogen-bond donors (Lipinski definition) is 3. The van der Waals surface area contributed by atoms with Gasteiger partial charge in [0.25, 0.3) is 0 Å². The van der Waals surface area contributed by atoms with Crippen molar-refractivity contribution in [2.24, 2.45) is 28.6 Å². The van der Waals surface area contributed by atoms with Crippen LogP contribution in [0.1, 0.15) is 77.2 Å². The first kappa shape index (κ1) is 21.7. The van der Waals surface area contributed by atoms with Gasteiger partial charge in [-0.3, -0.25) is 0 Å². The van der Waals surface area contributed by atoms with Gasteiger partial charge < -0.3 is 20.1 Å². The minimum absolute atomic E-state index is 0.0880. The van der Waals surface area contributed by atoms with Crippen LogP contribution >= 0.6 is 0 Å². The van der Waals surface area contributed by atoms with Gasteiger partial charge in [-0.1, -0.05) is 13.8 Å². The molecule has 6 heteroatoms. The Labute approximate surface area is 185 Å². The molecule has 5 rings (SSSR count).